The van der Waals surface area contributed by atoms with E-state index < -0.39 is 0 Å². The van der Waals surface area contributed by atoms with E-state index in [1.54, 1.807) is 12.2 Å². The number of rotatable bonds is 3. The summed E-state index contributed by atoms with van der Waals surface area (Å²) in [5, 5.41) is 2.73. The lowest BCUT2D eigenvalue weighted by atomic mass is 10.2. The molecule has 0 fully saturated rings. The topological polar surface area (TPSA) is 28.3 Å². The number of hydrogen-bond donors (Lipinski definition) is 1. The van der Waals surface area contributed by atoms with Gasteiger partial charge in [0.15, 0.2) is 0 Å². The molecule has 0 bridgehead atoms. The summed E-state index contributed by atoms with van der Waals surface area (Å²) < 4.78 is 0. The molecule has 1 N–H and O–H groups in total. The minimum Gasteiger partial charge on any atom is -0.359 e. The smallest absolute Gasteiger partial charge is 0.120 e. The van der Waals surface area contributed by atoms with Crippen molar-refractivity contribution in [2.24, 2.45) is 0 Å². The lowest BCUT2D eigenvalue weighted by molar-refractivity contribution is 0.180. The van der Waals surface area contributed by atoms with Crippen molar-refractivity contribution < 1.29 is 4.84 Å². The van der Waals surface area contributed by atoms with E-state index in [0.717, 1.165) is 16.6 Å². The highest BCUT2D eigenvalue weighted by molar-refractivity contribution is 6.19. The minimum atomic E-state index is 0.304. The van der Waals surface area contributed by atoms with Crippen molar-refractivity contribution in [2.45, 2.75) is 0 Å². The summed E-state index contributed by atoms with van der Waals surface area (Å²) in [6.45, 7) is 0. The van der Waals surface area contributed by atoms with Gasteiger partial charge in [-0.2, -0.15) is 0 Å². The molecule has 0 saturated carbocycles. The van der Waals surface area contributed by atoms with Crippen LogP contribution in [0.1, 0.15) is 0 Å². The van der Waals surface area contributed by atoms with Gasteiger partial charge in [-0.15, -0.1) is 11.6 Å². The maximum absolute atomic E-state index is 5.75. The van der Waals surface area contributed by atoms with Crippen LogP contribution in [0.3, 0.4) is 0 Å². The van der Waals surface area contributed by atoms with Gasteiger partial charge in [0.2, 0.25) is 0 Å². The second kappa shape index (κ2) is 3.90. The van der Waals surface area contributed by atoms with Crippen molar-refractivity contribution in [3.63, 3.8) is 0 Å². The molecule has 1 heterocycles. The average Bonchev–Trinajstić information content (AvgIpc) is 2.65. The van der Waals surface area contributed by atoms with Crippen LogP contribution in [0.25, 0.3) is 10.9 Å². The van der Waals surface area contributed by atoms with E-state index in [9.17, 15) is 0 Å². The summed E-state index contributed by atoms with van der Waals surface area (Å²) in [4.78, 5) is 8.29. The van der Waals surface area contributed by atoms with Crippen LogP contribution in [-0.4, -0.2) is 18.1 Å². The van der Waals surface area contributed by atoms with Gasteiger partial charge in [-0.25, -0.2) is 5.06 Å². The van der Waals surface area contributed by atoms with E-state index >= 15 is 0 Å². The molecule has 4 heteroatoms. The molecule has 3 nitrogen and oxygen atoms in total. The SMILES string of the molecule is CON(CCl)c1c[nH]c2ccccc12. The Labute approximate surface area is 87.2 Å². The number of aromatic amines is 1. The Balaban J connectivity index is 2.51. The Morgan fingerprint density at radius 2 is 2.21 bits per heavy atom. The van der Waals surface area contributed by atoms with E-state index in [0.29, 0.717) is 6.00 Å². The fraction of sp³-hybridized carbons (Fsp3) is 0.200. The van der Waals surface area contributed by atoms with Crippen LogP contribution in [-0.2, 0) is 4.84 Å². The number of anilines is 1. The van der Waals surface area contributed by atoms with Crippen LogP contribution in [0.4, 0.5) is 5.69 Å². The monoisotopic (exact) mass is 210 g/mol. The summed E-state index contributed by atoms with van der Waals surface area (Å²) in [5.41, 5.74) is 2.03. The van der Waals surface area contributed by atoms with E-state index in [-0.39, 0.29) is 0 Å². The molecule has 1 aromatic heterocycles. The normalized spacial score (nSPS) is 10.7. The number of nitrogens with zero attached hydrogens (tertiary/aromatic N) is 1. The van der Waals surface area contributed by atoms with Gasteiger partial charge in [0, 0.05) is 17.1 Å². The number of alkyl halides is 1. The summed E-state index contributed by atoms with van der Waals surface area (Å²) in [6.07, 6.45) is 1.89. The molecule has 2 aromatic rings. The van der Waals surface area contributed by atoms with Gasteiger partial charge in [-0.05, 0) is 6.07 Å². The maximum atomic E-state index is 5.75. The minimum absolute atomic E-state index is 0.304. The van der Waals surface area contributed by atoms with Gasteiger partial charge in [0.25, 0.3) is 0 Å². The molecule has 0 aliphatic heterocycles. The van der Waals surface area contributed by atoms with Crippen molar-refractivity contribution in [1.29, 1.82) is 0 Å². The standard InChI is InChI=1S/C10H11ClN2O/c1-14-13(7-11)10-6-12-9-5-3-2-4-8(9)10/h2-6,12H,7H2,1H3. The predicted octanol–water partition coefficient (Wildman–Crippen LogP) is 2.73. The zero-order chi connectivity index (χ0) is 9.97. The molecule has 74 valence electrons. The quantitative estimate of drug-likeness (QED) is 0.479. The summed E-state index contributed by atoms with van der Waals surface area (Å²) in [7, 11) is 1.60. The lowest BCUT2D eigenvalue weighted by Crippen LogP contribution is -2.18. The van der Waals surface area contributed by atoms with Gasteiger partial charge in [-0.1, -0.05) is 18.2 Å². The summed E-state index contributed by atoms with van der Waals surface area (Å²) in [6, 6.07) is 8.32. The van der Waals surface area contributed by atoms with Crippen LogP contribution >= 0.6 is 11.6 Å². The van der Waals surface area contributed by atoms with Crippen LogP contribution in [0, 0.1) is 0 Å². The number of H-pyrrole nitrogens is 1. The molecule has 0 aliphatic rings. The molecule has 0 aliphatic carbocycles. The molecule has 0 radical (unpaired) electrons. The second-order valence-electron chi connectivity index (χ2n) is 2.90. The number of hydroxylamine groups is 1. The number of fused-ring (bicyclic) bond motifs is 1. The molecule has 0 spiro atoms. The van der Waals surface area contributed by atoms with Gasteiger partial charge >= 0.3 is 0 Å². The van der Waals surface area contributed by atoms with Gasteiger partial charge < -0.3 is 4.98 Å². The second-order valence-corrected chi connectivity index (χ2v) is 3.14. The van der Waals surface area contributed by atoms with Gasteiger partial charge in [-0.3, -0.25) is 4.84 Å². The molecular formula is C10H11ClN2O. The first kappa shape index (κ1) is 9.37. The van der Waals surface area contributed by atoms with Crippen molar-refractivity contribution in [3.05, 3.63) is 30.5 Å². The molecule has 0 saturated heterocycles. The third kappa shape index (κ3) is 1.45. The molecule has 0 unspecified atom stereocenters. The predicted molar refractivity (Wildman–Crippen MR) is 58.5 cm³/mol. The summed E-state index contributed by atoms with van der Waals surface area (Å²) in [5.74, 6) is 0. The Morgan fingerprint density at radius 3 is 2.93 bits per heavy atom. The number of hydrogen-bond acceptors (Lipinski definition) is 2. The van der Waals surface area contributed by atoms with Crippen molar-refractivity contribution in [1.82, 2.24) is 4.98 Å². The first-order chi connectivity index (χ1) is 6.86. The lowest BCUT2D eigenvalue weighted by Gasteiger charge is -2.16. The Bertz CT molecular complexity index is 423. The summed E-state index contributed by atoms with van der Waals surface area (Å²) >= 11 is 5.75. The van der Waals surface area contributed by atoms with Crippen molar-refractivity contribution in [3.8, 4) is 0 Å². The van der Waals surface area contributed by atoms with E-state index in [1.807, 2.05) is 30.5 Å². The van der Waals surface area contributed by atoms with Crippen molar-refractivity contribution in [2.75, 3.05) is 18.2 Å². The zero-order valence-corrected chi connectivity index (χ0v) is 8.58. The molecule has 1 aromatic carbocycles. The first-order valence-electron chi connectivity index (χ1n) is 4.30. The van der Waals surface area contributed by atoms with Gasteiger partial charge in [0.05, 0.1) is 12.8 Å². The Morgan fingerprint density at radius 1 is 1.43 bits per heavy atom. The number of benzene rings is 1. The fourth-order valence-corrected chi connectivity index (χ4v) is 1.70. The first-order valence-corrected chi connectivity index (χ1v) is 4.84. The van der Waals surface area contributed by atoms with Crippen LogP contribution < -0.4 is 5.06 Å². The molecule has 0 amide bonds. The highest BCUT2D eigenvalue weighted by atomic mass is 35.5. The molecule has 0 atom stereocenters. The molecular weight excluding hydrogens is 200 g/mol. The third-order valence-corrected chi connectivity index (χ3v) is 2.38. The van der Waals surface area contributed by atoms with Crippen LogP contribution in [0.15, 0.2) is 30.5 Å². The van der Waals surface area contributed by atoms with Crippen LogP contribution in [0.5, 0.6) is 0 Å². The fourth-order valence-electron chi connectivity index (χ4n) is 1.47. The van der Waals surface area contributed by atoms with E-state index in [2.05, 4.69) is 4.98 Å². The van der Waals surface area contributed by atoms with E-state index in [1.165, 1.54) is 0 Å². The maximum Gasteiger partial charge on any atom is 0.120 e. The molecule has 2 rings (SSSR count). The average molecular weight is 211 g/mol. The Hall–Kier alpha value is -1.19. The third-order valence-electron chi connectivity index (χ3n) is 2.17. The van der Waals surface area contributed by atoms with Crippen molar-refractivity contribution >= 4 is 28.2 Å². The molecule has 14 heavy (non-hydrogen) atoms. The Kier molecular flexibility index (Phi) is 2.61. The number of para-hydroxylation sites is 1. The largest absolute Gasteiger partial charge is 0.359 e. The highest BCUT2D eigenvalue weighted by Gasteiger charge is 2.09. The van der Waals surface area contributed by atoms with Gasteiger partial charge in [0.1, 0.15) is 6.00 Å². The van der Waals surface area contributed by atoms with Crippen LogP contribution in [0.2, 0.25) is 0 Å². The number of halogens is 1. The number of aromatic nitrogens is 1. The van der Waals surface area contributed by atoms with E-state index in [4.69, 9.17) is 16.4 Å². The number of nitrogens with one attached hydrogen (secondary N) is 1. The zero-order valence-electron chi connectivity index (χ0n) is 7.83. The highest BCUT2D eigenvalue weighted by Crippen LogP contribution is 2.26.